The van der Waals surface area contributed by atoms with Gasteiger partial charge < -0.3 is 15.3 Å². The molecule has 0 N–H and O–H groups in total. The van der Waals surface area contributed by atoms with Gasteiger partial charge in [-0.2, -0.15) is 17.7 Å². The Morgan fingerprint density at radius 3 is 1.32 bits per heavy atom. The number of hydrogen-bond acceptors (Lipinski definition) is 3. The molecule has 0 saturated heterocycles. The van der Waals surface area contributed by atoms with E-state index in [0.29, 0.717) is 0 Å². The maximum Gasteiger partial charge on any atom is 4.00 e. The smallest absolute Gasteiger partial charge is 0.855 e. The van der Waals surface area contributed by atoms with E-state index in [0.717, 1.165) is 5.92 Å². The van der Waals surface area contributed by atoms with E-state index in [1.807, 2.05) is 0 Å². The molecular weight excluding hydrogens is 319 g/mol. The van der Waals surface area contributed by atoms with E-state index in [2.05, 4.69) is 38.1 Å². The molecule has 1 rings (SSSR count). The van der Waals surface area contributed by atoms with Crippen LogP contribution in [-0.4, -0.2) is 19.8 Å². The van der Waals surface area contributed by atoms with Gasteiger partial charge in [0.1, 0.15) is 0 Å². The third kappa shape index (κ3) is 38.1. The van der Waals surface area contributed by atoms with Crippen LogP contribution in [0.15, 0.2) is 24.3 Å². The van der Waals surface area contributed by atoms with E-state index in [1.165, 1.54) is 12.0 Å². The number of rotatable bonds is 2. The minimum absolute atomic E-state index is 0. The Morgan fingerprint density at radius 1 is 0.842 bits per heavy atom. The van der Waals surface area contributed by atoms with E-state index in [9.17, 15) is 0 Å². The van der Waals surface area contributed by atoms with Gasteiger partial charge in [0.2, 0.25) is 0 Å². The first-order valence-corrected chi connectivity index (χ1v) is 6.48. The van der Waals surface area contributed by atoms with Crippen LogP contribution in [0.5, 0.6) is 0 Å². The van der Waals surface area contributed by atoms with Crippen molar-refractivity contribution in [3.8, 4) is 0 Å². The fourth-order valence-corrected chi connectivity index (χ4v) is 1.02. The average molecular weight is 348 g/mol. The molecule has 3 nitrogen and oxygen atoms in total. The zero-order valence-electron chi connectivity index (χ0n) is 12.9. The molecule has 0 atom stereocenters. The molecule has 4 heteroatoms. The van der Waals surface area contributed by atoms with Gasteiger partial charge in [0, 0.05) is 0 Å². The molecule has 0 heterocycles. The monoisotopic (exact) mass is 346 g/mol. The molecule has 1 aromatic carbocycles. The summed E-state index contributed by atoms with van der Waals surface area (Å²) in [5.74, 6) is 0.785. The summed E-state index contributed by atoms with van der Waals surface area (Å²) in [5.41, 5.74) is 1.46. The van der Waals surface area contributed by atoms with Crippen LogP contribution in [0.4, 0.5) is 0 Å². The van der Waals surface area contributed by atoms with Gasteiger partial charge in [-0.25, -0.2) is 12.1 Å². The molecule has 0 unspecified atom stereocenters. The van der Waals surface area contributed by atoms with Crippen LogP contribution in [0, 0.1) is 5.92 Å². The molecule has 0 bridgehead atoms. The summed E-state index contributed by atoms with van der Waals surface area (Å²) in [5, 5.41) is 26.8. The second kappa shape index (κ2) is 26.6. The molecule has 0 aliphatic heterocycles. The Bertz CT molecular complexity index is 194. The molecule has 0 radical (unpaired) electrons. The Balaban J connectivity index is -0.0000000956. The van der Waals surface area contributed by atoms with Gasteiger partial charge >= 0.3 is 26.2 Å². The zero-order valence-corrected chi connectivity index (χ0v) is 15.4. The van der Waals surface area contributed by atoms with Crippen molar-refractivity contribution in [1.82, 2.24) is 0 Å². The van der Waals surface area contributed by atoms with Crippen LogP contribution in [0.1, 0.15) is 40.2 Å². The fraction of sp³-hybridized carbons (Fsp3) is 0.667. The summed E-state index contributed by atoms with van der Waals surface area (Å²) in [6.45, 7) is 9.19. The van der Waals surface area contributed by atoms with Crippen LogP contribution < -0.4 is 15.3 Å². The van der Waals surface area contributed by atoms with Crippen molar-refractivity contribution in [2.75, 3.05) is 19.8 Å². The van der Waals surface area contributed by atoms with E-state index in [4.69, 9.17) is 15.3 Å². The van der Waals surface area contributed by atoms with E-state index in [1.54, 1.807) is 20.8 Å². The zero-order chi connectivity index (χ0) is 14.8. The minimum atomic E-state index is 0. The van der Waals surface area contributed by atoms with Gasteiger partial charge in [-0.3, -0.25) is 0 Å². The summed E-state index contributed by atoms with van der Waals surface area (Å²) in [6.07, 6.45) is 1.22. The second-order valence-corrected chi connectivity index (χ2v) is 3.76. The maximum absolute atomic E-state index is 8.93. The van der Waals surface area contributed by atoms with Gasteiger partial charge in [0.25, 0.3) is 0 Å². The first-order chi connectivity index (χ1) is 8.53. The Kier molecular flexibility index (Phi) is 38.5. The van der Waals surface area contributed by atoms with Crippen molar-refractivity contribution in [2.24, 2.45) is 5.92 Å². The Morgan fingerprint density at radius 2 is 1.11 bits per heavy atom. The Hall–Kier alpha value is 0.113. The van der Waals surface area contributed by atoms with Crippen LogP contribution in [0.3, 0.4) is 0 Å². The molecule has 0 saturated carbocycles. The van der Waals surface area contributed by atoms with Crippen molar-refractivity contribution >= 4 is 0 Å². The van der Waals surface area contributed by atoms with E-state index >= 15 is 0 Å². The first kappa shape index (κ1) is 27.5. The van der Waals surface area contributed by atoms with Crippen molar-refractivity contribution in [2.45, 2.75) is 41.0 Å². The van der Waals surface area contributed by atoms with Crippen molar-refractivity contribution in [3.05, 3.63) is 29.8 Å². The van der Waals surface area contributed by atoms with Crippen molar-refractivity contribution < 1.29 is 41.5 Å². The molecule has 0 fully saturated rings. The average Bonchev–Trinajstić information content (AvgIpc) is 2.73. The van der Waals surface area contributed by atoms with Crippen LogP contribution >= 0.6 is 0 Å². The summed E-state index contributed by atoms with van der Waals surface area (Å²) < 4.78 is 0. The number of hydrogen-bond donors (Lipinski definition) is 0. The van der Waals surface area contributed by atoms with Gasteiger partial charge in [-0.15, -0.1) is 19.8 Å². The van der Waals surface area contributed by atoms with E-state index in [-0.39, 0.29) is 46.0 Å². The first-order valence-electron chi connectivity index (χ1n) is 6.48. The molecule has 1 aromatic rings. The van der Waals surface area contributed by atoms with Crippen molar-refractivity contribution in [1.29, 1.82) is 0 Å². The van der Waals surface area contributed by atoms with E-state index < -0.39 is 0 Å². The summed E-state index contributed by atoms with van der Waals surface area (Å²) in [7, 11) is 0. The third-order valence-electron chi connectivity index (χ3n) is 1.38. The quantitative estimate of drug-likeness (QED) is 0.740. The molecule has 0 aliphatic rings. The molecular formula is C15H28O3Zr. The van der Waals surface area contributed by atoms with Crippen LogP contribution in [0.25, 0.3) is 0 Å². The van der Waals surface area contributed by atoms with Crippen LogP contribution in [-0.2, 0) is 32.6 Å². The van der Waals surface area contributed by atoms with Crippen molar-refractivity contribution in [3.63, 3.8) is 0 Å². The molecule has 0 aromatic heterocycles. The normalized spacial score (nSPS) is 7.84. The summed E-state index contributed by atoms with van der Waals surface area (Å²) in [4.78, 5) is 0. The minimum Gasteiger partial charge on any atom is -0.855 e. The molecule has 0 amide bonds. The third-order valence-corrected chi connectivity index (χ3v) is 1.38. The van der Waals surface area contributed by atoms with Gasteiger partial charge in [-0.1, -0.05) is 47.0 Å². The predicted molar refractivity (Wildman–Crippen MR) is 72.2 cm³/mol. The summed E-state index contributed by atoms with van der Waals surface area (Å²) >= 11 is 0. The topological polar surface area (TPSA) is 69.2 Å². The van der Waals surface area contributed by atoms with Gasteiger partial charge in [0.05, 0.1) is 0 Å². The predicted octanol–water partition coefficient (Wildman–Crippen LogP) is 0.701. The van der Waals surface area contributed by atoms with Gasteiger partial charge in [0.15, 0.2) is 0 Å². The van der Waals surface area contributed by atoms with Crippen LogP contribution in [0.2, 0.25) is 0 Å². The largest absolute Gasteiger partial charge is 4.00 e. The maximum atomic E-state index is 8.93. The fourth-order valence-electron chi connectivity index (χ4n) is 1.02. The second-order valence-electron chi connectivity index (χ2n) is 3.76. The summed E-state index contributed by atoms with van der Waals surface area (Å²) in [6, 6.07) is 8.55. The molecule has 19 heavy (non-hydrogen) atoms. The SMILES string of the molecule is CC(C)C[c-]1cccc1.CC[O-].CC[O-].CC[O-].[Zr+4]. The standard InChI is InChI=1S/C9H13.3C2H5O.Zr/c1-8(2)7-9-5-3-4-6-9;3*1-2-3;/h3-6,8H,7H2,1-2H3;3*2H2,1H3;/q4*-1;+4. The molecule has 0 spiro atoms. The molecule has 0 aliphatic carbocycles. The van der Waals surface area contributed by atoms with Gasteiger partial charge in [-0.05, 0) is 0 Å². The Labute approximate surface area is 138 Å². The molecule has 110 valence electrons.